The maximum Gasteiger partial charge on any atom is 0.235 e. The van der Waals surface area contributed by atoms with Crippen molar-refractivity contribution in [3.63, 3.8) is 0 Å². The molecule has 0 spiro atoms. The first-order chi connectivity index (χ1) is 12.5. The molecule has 7 heteroatoms. The van der Waals surface area contributed by atoms with Crippen molar-refractivity contribution in [2.75, 3.05) is 19.0 Å². The standard InChI is InChI=1S/C20H28Cl2N2O3/c1-13(14(2)23-17(25)11-21)18(26)24-10-9-20(27,19(3,4)12-24)15-5-7-16(22)8-6-15/h5-8,13-14,27H,9-12H2,1-4H3,(H,23,25)/t13-,14?,20+/m1/s1. The summed E-state index contributed by atoms with van der Waals surface area (Å²) in [7, 11) is 0. The van der Waals surface area contributed by atoms with E-state index in [9.17, 15) is 14.7 Å². The molecule has 2 rings (SSSR count). The summed E-state index contributed by atoms with van der Waals surface area (Å²) >= 11 is 11.5. The Morgan fingerprint density at radius 2 is 1.85 bits per heavy atom. The fourth-order valence-electron chi connectivity index (χ4n) is 3.69. The van der Waals surface area contributed by atoms with Gasteiger partial charge in [0, 0.05) is 29.6 Å². The van der Waals surface area contributed by atoms with Crippen molar-refractivity contribution in [3.05, 3.63) is 34.9 Å². The molecule has 0 bridgehead atoms. The summed E-state index contributed by atoms with van der Waals surface area (Å²) in [5.41, 5.74) is -0.785. The highest BCUT2D eigenvalue weighted by Crippen LogP contribution is 2.46. The van der Waals surface area contributed by atoms with Crippen molar-refractivity contribution in [3.8, 4) is 0 Å². The van der Waals surface area contributed by atoms with Crippen LogP contribution in [-0.4, -0.2) is 46.8 Å². The number of rotatable bonds is 5. The van der Waals surface area contributed by atoms with Crippen LogP contribution in [-0.2, 0) is 15.2 Å². The molecule has 27 heavy (non-hydrogen) atoms. The van der Waals surface area contributed by atoms with E-state index < -0.39 is 11.0 Å². The Bertz CT molecular complexity index is 693. The van der Waals surface area contributed by atoms with Crippen molar-refractivity contribution >= 4 is 35.0 Å². The maximum atomic E-state index is 12.9. The first-order valence-electron chi connectivity index (χ1n) is 9.14. The molecule has 0 radical (unpaired) electrons. The number of piperidine rings is 1. The summed E-state index contributed by atoms with van der Waals surface area (Å²) in [4.78, 5) is 26.2. The highest BCUT2D eigenvalue weighted by atomic mass is 35.5. The van der Waals surface area contributed by atoms with Gasteiger partial charge < -0.3 is 15.3 Å². The van der Waals surface area contributed by atoms with E-state index >= 15 is 0 Å². The molecular formula is C20H28Cl2N2O3. The molecule has 0 saturated carbocycles. The van der Waals surface area contributed by atoms with E-state index in [1.54, 1.807) is 30.9 Å². The fraction of sp³-hybridized carbons (Fsp3) is 0.600. The zero-order valence-electron chi connectivity index (χ0n) is 16.3. The third kappa shape index (κ3) is 4.58. The van der Waals surface area contributed by atoms with Gasteiger partial charge in [-0.05, 0) is 31.0 Å². The number of nitrogens with zero attached hydrogens (tertiary/aromatic N) is 1. The third-order valence-electron chi connectivity index (χ3n) is 5.73. The first-order valence-corrected chi connectivity index (χ1v) is 10.1. The minimum atomic E-state index is -1.05. The van der Waals surface area contributed by atoms with Crippen molar-refractivity contribution in [2.45, 2.75) is 45.8 Å². The second kappa shape index (κ2) is 8.38. The predicted molar refractivity (Wildman–Crippen MR) is 108 cm³/mol. The number of amides is 2. The van der Waals surface area contributed by atoms with E-state index in [1.165, 1.54) is 0 Å². The van der Waals surface area contributed by atoms with Gasteiger partial charge in [0.2, 0.25) is 11.8 Å². The molecule has 1 aliphatic rings. The molecule has 3 atom stereocenters. The van der Waals surface area contributed by atoms with E-state index in [1.807, 2.05) is 26.0 Å². The Balaban J connectivity index is 2.13. The van der Waals surface area contributed by atoms with E-state index in [4.69, 9.17) is 23.2 Å². The van der Waals surface area contributed by atoms with Gasteiger partial charge >= 0.3 is 0 Å². The van der Waals surface area contributed by atoms with Crippen LogP contribution in [0.1, 0.15) is 39.7 Å². The molecule has 1 aromatic rings. The minimum Gasteiger partial charge on any atom is -0.384 e. The van der Waals surface area contributed by atoms with Crippen LogP contribution in [0.15, 0.2) is 24.3 Å². The predicted octanol–water partition coefficient (Wildman–Crippen LogP) is 3.17. The molecular weight excluding hydrogens is 387 g/mol. The summed E-state index contributed by atoms with van der Waals surface area (Å²) in [6, 6.07) is 6.91. The van der Waals surface area contributed by atoms with E-state index in [-0.39, 0.29) is 29.7 Å². The summed E-state index contributed by atoms with van der Waals surface area (Å²) in [6.07, 6.45) is 0.433. The van der Waals surface area contributed by atoms with Crippen molar-refractivity contribution in [2.24, 2.45) is 11.3 Å². The lowest BCUT2D eigenvalue weighted by molar-refractivity contribution is -0.156. The average Bonchev–Trinajstić information content (AvgIpc) is 2.62. The number of aliphatic hydroxyl groups is 1. The average molecular weight is 415 g/mol. The number of halogens is 2. The Kier molecular flexibility index (Phi) is 6.82. The Morgan fingerprint density at radius 3 is 2.37 bits per heavy atom. The van der Waals surface area contributed by atoms with Crippen LogP contribution in [0.4, 0.5) is 0 Å². The number of carbonyl (C=O) groups excluding carboxylic acids is 2. The lowest BCUT2D eigenvalue weighted by atomic mass is 9.66. The molecule has 0 aliphatic carbocycles. The molecule has 1 unspecified atom stereocenters. The minimum absolute atomic E-state index is 0.0383. The molecule has 1 fully saturated rings. The number of benzene rings is 1. The van der Waals surface area contributed by atoms with Gasteiger partial charge in [-0.1, -0.05) is 44.5 Å². The smallest absolute Gasteiger partial charge is 0.235 e. The number of alkyl halides is 1. The number of carbonyl (C=O) groups is 2. The molecule has 1 heterocycles. The van der Waals surface area contributed by atoms with Crippen LogP contribution in [0.5, 0.6) is 0 Å². The zero-order valence-corrected chi connectivity index (χ0v) is 17.8. The second-order valence-electron chi connectivity index (χ2n) is 8.04. The number of hydrogen-bond donors (Lipinski definition) is 2. The molecule has 1 aromatic carbocycles. The van der Waals surface area contributed by atoms with Crippen LogP contribution < -0.4 is 5.32 Å². The monoisotopic (exact) mass is 414 g/mol. The number of likely N-dealkylation sites (tertiary alicyclic amines) is 1. The molecule has 0 aromatic heterocycles. The van der Waals surface area contributed by atoms with Crippen LogP contribution in [0.2, 0.25) is 5.02 Å². The highest BCUT2D eigenvalue weighted by molar-refractivity contribution is 6.30. The Morgan fingerprint density at radius 1 is 1.26 bits per heavy atom. The van der Waals surface area contributed by atoms with E-state index in [2.05, 4.69) is 5.32 Å². The number of nitrogens with one attached hydrogen (secondary N) is 1. The summed E-state index contributed by atoms with van der Waals surface area (Å²) in [5, 5.41) is 14.8. The molecule has 1 saturated heterocycles. The van der Waals surface area contributed by atoms with E-state index in [0.29, 0.717) is 24.5 Å². The lowest BCUT2D eigenvalue weighted by Crippen LogP contribution is -2.58. The van der Waals surface area contributed by atoms with Gasteiger partial charge in [0.05, 0.1) is 11.5 Å². The topological polar surface area (TPSA) is 69.6 Å². The normalized spacial score (nSPS) is 24.2. The summed E-state index contributed by atoms with van der Waals surface area (Å²) < 4.78 is 0. The number of hydrogen-bond acceptors (Lipinski definition) is 3. The Hall–Kier alpha value is -1.30. The first kappa shape index (κ1) is 22.0. The molecule has 5 nitrogen and oxygen atoms in total. The van der Waals surface area contributed by atoms with Crippen LogP contribution in [0.25, 0.3) is 0 Å². The quantitative estimate of drug-likeness (QED) is 0.726. The van der Waals surface area contributed by atoms with Gasteiger partial charge in [0.15, 0.2) is 0 Å². The molecule has 2 amide bonds. The van der Waals surface area contributed by atoms with Gasteiger partial charge in [-0.2, -0.15) is 0 Å². The van der Waals surface area contributed by atoms with Gasteiger partial charge in [-0.15, -0.1) is 11.6 Å². The summed E-state index contributed by atoms with van der Waals surface area (Å²) in [6.45, 7) is 8.39. The van der Waals surface area contributed by atoms with Crippen molar-refractivity contribution < 1.29 is 14.7 Å². The van der Waals surface area contributed by atoms with E-state index in [0.717, 1.165) is 5.56 Å². The third-order valence-corrected chi connectivity index (χ3v) is 6.23. The highest BCUT2D eigenvalue weighted by Gasteiger charge is 2.50. The van der Waals surface area contributed by atoms with Crippen LogP contribution >= 0.6 is 23.2 Å². The molecule has 150 valence electrons. The summed E-state index contributed by atoms with van der Waals surface area (Å²) in [5.74, 6) is -0.839. The second-order valence-corrected chi connectivity index (χ2v) is 8.74. The zero-order chi connectivity index (χ0) is 20.4. The lowest BCUT2D eigenvalue weighted by Gasteiger charge is -2.51. The fourth-order valence-corrected chi connectivity index (χ4v) is 3.89. The van der Waals surface area contributed by atoms with Gasteiger partial charge in [0.1, 0.15) is 5.88 Å². The SMILES string of the molecule is CC(NC(=O)CCl)[C@@H](C)C(=O)N1CC[C@](O)(c2ccc(Cl)cc2)C(C)(C)C1. The van der Waals surface area contributed by atoms with Gasteiger partial charge in [-0.3, -0.25) is 9.59 Å². The largest absolute Gasteiger partial charge is 0.384 e. The maximum absolute atomic E-state index is 12.9. The molecule has 2 N–H and O–H groups in total. The van der Waals surface area contributed by atoms with Crippen molar-refractivity contribution in [1.82, 2.24) is 10.2 Å². The Labute approximate surface area is 171 Å². The van der Waals surface area contributed by atoms with Crippen LogP contribution in [0.3, 0.4) is 0 Å². The molecule has 1 aliphatic heterocycles. The van der Waals surface area contributed by atoms with Crippen LogP contribution in [0, 0.1) is 11.3 Å². The van der Waals surface area contributed by atoms with Gasteiger partial charge in [-0.25, -0.2) is 0 Å². The van der Waals surface area contributed by atoms with Crippen molar-refractivity contribution in [1.29, 1.82) is 0 Å². The van der Waals surface area contributed by atoms with Gasteiger partial charge in [0.25, 0.3) is 0 Å².